The maximum atomic E-state index is 12.3. The second-order valence-electron chi connectivity index (χ2n) is 4.91. The van der Waals surface area contributed by atoms with E-state index in [0.29, 0.717) is 23.3 Å². The third-order valence-electron chi connectivity index (χ3n) is 3.01. The molecule has 1 N–H and O–H groups in total. The van der Waals surface area contributed by atoms with Crippen LogP contribution in [0.1, 0.15) is 18.4 Å². The third-order valence-corrected chi connectivity index (χ3v) is 3.31. The largest absolute Gasteiger partial charge is 0.405 e. The number of rotatable bonds is 5. The summed E-state index contributed by atoms with van der Waals surface area (Å²) in [6, 6.07) is 5.76. The summed E-state index contributed by atoms with van der Waals surface area (Å²) in [6.45, 7) is -0.306. The molecule has 106 valence electrons. The maximum Gasteiger partial charge on any atom is 0.405 e. The second kappa shape index (κ2) is 5.59. The average molecular weight is 293 g/mol. The summed E-state index contributed by atoms with van der Waals surface area (Å²) in [5, 5.41) is 3.68. The topological polar surface area (TPSA) is 15.3 Å². The first-order valence-corrected chi connectivity index (χ1v) is 6.52. The fourth-order valence-electron chi connectivity index (χ4n) is 1.87. The van der Waals surface area contributed by atoms with Gasteiger partial charge in [0.15, 0.2) is 0 Å². The quantitative estimate of drug-likeness (QED) is 0.892. The molecular formula is C13H16ClF3N2. The van der Waals surface area contributed by atoms with Gasteiger partial charge in [-0.2, -0.15) is 13.2 Å². The van der Waals surface area contributed by atoms with E-state index in [0.717, 1.165) is 10.5 Å². The van der Waals surface area contributed by atoms with E-state index in [1.807, 2.05) is 6.07 Å². The first-order valence-electron chi connectivity index (χ1n) is 6.15. The first-order chi connectivity index (χ1) is 8.85. The van der Waals surface area contributed by atoms with Gasteiger partial charge < -0.3 is 10.2 Å². The van der Waals surface area contributed by atoms with Crippen molar-refractivity contribution in [2.24, 2.45) is 0 Å². The van der Waals surface area contributed by atoms with Crippen LogP contribution in [0.15, 0.2) is 18.2 Å². The summed E-state index contributed by atoms with van der Waals surface area (Å²) in [5.74, 6) is 0. The van der Waals surface area contributed by atoms with Crippen molar-refractivity contribution in [1.29, 1.82) is 0 Å². The van der Waals surface area contributed by atoms with Gasteiger partial charge in [-0.3, -0.25) is 0 Å². The maximum absolute atomic E-state index is 12.3. The van der Waals surface area contributed by atoms with Crippen LogP contribution in [-0.4, -0.2) is 25.8 Å². The number of nitrogens with zero attached hydrogens (tertiary/aromatic N) is 1. The molecule has 19 heavy (non-hydrogen) atoms. The number of benzene rings is 1. The summed E-state index contributed by atoms with van der Waals surface area (Å²) >= 11 is 6.05. The number of anilines is 1. The molecular weight excluding hydrogens is 277 g/mol. The fourth-order valence-corrected chi connectivity index (χ4v) is 2.22. The molecule has 0 radical (unpaired) electrons. The zero-order chi connectivity index (χ0) is 14.0. The predicted molar refractivity (Wildman–Crippen MR) is 70.6 cm³/mol. The van der Waals surface area contributed by atoms with Crippen molar-refractivity contribution in [2.75, 3.05) is 18.5 Å². The molecule has 2 rings (SSSR count). The molecule has 0 saturated heterocycles. The Morgan fingerprint density at radius 2 is 2.05 bits per heavy atom. The summed E-state index contributed by atoms with van der Waals surface area (Å²) in [5.41, 5.74) is 1.38. The average Bonchev–Trinajstić information content (AvgIpc) is 3.07. The highest BCUT2D eigenvalue weighted by molar-refractivity contribution is 6.33. The zero-order valence-electron chi connectivity index (χ0n) is 10.6. The van der Waals surface area contributed by atoms with E-state index in [1.54, 1.807) is 12.1 Å². The van der Waals surface area contributed by atoms with Gasteiger partial charge >= 0.3 is 6.18 Å². The van der Waals surface area contributed by atoms with Crippen molar-refractivity contribution in [3.63, 3.8) is 0 Å². The molecule has 1 fully saturated rings. The van der Waals surface area contributed by atoms with Crippen molar-refractivity contribution in [3.8, 4) is 0 Å². The molecule has 1 aliphatic rings. The standard InChI is InChI=1S/C13H16ClF3N2/c1-19(8-13(15,16)17)12-5-2-9(6-11(12)14)7-18-10-3-4-10/h2,5-6,10,18H,3-4,7-8H2,1H3. The monoisotopic (exact) mass is 292 g/mol. The lowest BCUT2D eigenvalue weighted by atomic mass is 10.2. The second-order valence-corrected chi connectivity index (χ2v) is 5.32. The molecule has 1 aromatic rings. The lowest BCUT2D eigenvalue weighted by Crippen LogP contribution is -2.31. The van der Waals surface area contributed by atoms with E-state index in [-0.39, 0.29) is 0 Å². The van der Waals surface area contributed by atoms with Crippen LogP contribution in [0.4, 0.5) is 18.9 Å². The van der Waals surface area contributed by atoms with Crippen LogP contribution in [0.5, 0.6) is 0 Å². The van der Waals surface area contributed by atoms with Crippen molar-refractivity contribution in [1.82, 2.24) is 5.32 Å². The van der Waals surface area contributed by atoms with Gasteiger partial charge in [-0.1, -0.05) is 17.7 Å². The smallest absolute Gasteiger partial charge is 0.365 e. The van der Waals surface area contributed by atoms with Crippen LogP contribution >= 0.6 is 11.6 Å². The van der Waals surface area contributed by atoms with Crippen LogP contribution < -0.4 is 10.2 Å². The summed E-state index contributed by atoms with van der Waals surface area (Å²) in [6.07, 6.45) is -1.84. The third kappa shape index (κ3) is 4.58. The molecule has 1 aromatic carbocycles. The van der Waals surface area contributed by atoms with Crippen LogP contribution in [0, 0.1) is 0 Å². The Labute approximate surface area is 115 Å². The number of halogens is 4. The Morgan fingerprint density at radius 3 is 2.58 bits per heavy atom. The van der Waals surface area contributed by atoms with Gasteiger partial charge in [0.25, 0.3) is 0 Å². The Kier molecular flexibility index (Phi) is 4.26. The Bertz CT molecular complexity index is 444. The van der Waals surface area contributed by atoms with Crippen molar-refractivity contribution in [3.05, 3.63) is 28.8 Å². The minimum absolute atomic E-state index is 0.349. The fraction of sp³-hybridized carbons (Fsp3) is 0.538. The lowest BCUT2D eigenvalue weighted by molar-refractivity contribution is -0.119. The lowest BCUT2D eigenvalue weighted by Gasteiger charge is -2.22. The number of hydrogen-bond acceptors (Lipinski definition) is 2. The molecule has 0 heterocycles. The molecule has 0 bridgehead atoms. The van der Waals surface area contributed by atoms with Crippen LogP contribution in [0.3, 0.4) is 0 Å². The molecule has 1 aliphatic carbocycles. The van der Waals surface area contributed by atoms with Gasteiger partial charge in [-0.25, -0.2) is 0 Å². The van der Waals surface area contributed by atoms with E-state index in [9.17, 15) is 13.2 Å². The highest BCUT2D eigenvalue weighted by Crippen LogP contribution is 2.29. The molecule has 6 heteroatoms. The Hall–Kier alpha value is -0.940. The van der Waals surface area contributed by atoms with Gasteiger partial charge in [0.1, 0.15) is 6.54 Å². The number of hydrogen-bond donors (Lipinski definition) is 1. The van der Waals surface area contributed by atoms with Gasteiger partial charge in [0, 0.05) is 19.6 Å². The molecule has 0 amide bonds. The molecule has 2 nitrogen and oxygen atoms in total. The van der Waals surface area contributed by atoms with E-state index >= 15 is 0 Å². The molecule has 1 saturated carbocycles. The van der Waals surface area contributed by atoms with E-state index < -0.39 is 12.7 Å². The van der Waals surface area contributed by atoms with E-state index in [2.05, 4.69) is 5.32 Å². The number of alkyl halides is 3. The highest BCUT2D eigenvalue weighted by Gasteiger charge is 2.30. The summed E-state index contributed by atoms with van der Waals surface area (Å²) in [7, 11) is 1.39. The minimum Gasteiger partial charge on any atom is -0.365 e. The van der Waals surface area contributed by atoms with E-state index in [4.69, 9.17) is 11.6 Å². The SMILES string of the molecule is CN(CC(F)(F)F)c1ccc(CNC2CC2)cc1Cl. The summed E-state index contributed by atoms with van der Waals surface area (Å²) in [4.78, 5) is 1.11. The predicted octanol–water partition coefficient (Wildman–Crippen LogP) is 3.59. The molecule has 0 atom stereocenters. The zero-order valence-corrected chi connectivity index (χ0v) is 11.4. The van der Waals surface area contributed by atoms with Gasteiger partial charge in [-0.15, -0.1) is 0 Å². The van der Waals surface area contributed by atoms with Gasteiger partial charge in [0.05, 0.1) is 10.7 Å². The molecule has 0 aliphatic heterocycles. The van der Waals surface area contributed by atoms with Gasteiger partial charge in [0.2, 0.25) is 0 Å². The normalized spacial score (nSPS) is 15.6. The van der Waals surface area contributed by atoms with Crippen LogP contribution in [0.2, 0.25) is 5.02 Å². The van der Waals surface area contributed by atoms with Crippen molar-refractivity contribution in [2.45, 2.75) is 31.6 Å². The molecule has 0 unspecified atom stereocenters. The van der Waals surface area contributed by atoms with Crippen LogP contribution in [-0.2, 0) is 6.54 Å². The van der Waals surface area contributed by atoms with E-state index in [1.165, 1.54) is 19.9 Å². The Morgan fingerprint density at radius 1 is 1.37 bits per heavy atom. The van der Waals surface area contributed by atoms with Crippen molar-refractivity contribution >= 4 is 17.3 Å². The summed E-state index contributed by atoms with van der Waals surface area (Å²) < 4.78 is 37.0. The molecule has 0 spiro atoms. The van der Waals surface area contributed by atoms with Crippen molar-refractivity contribution < 1.29 is 13.2 Å². The highest BCUT2D eigenvalue weighted by atomic mass is 35.5. The molecule has 0 aromatic heterocycles. The van der Waals surface area contributed by atoms with Crippen LogP contribution in [0.25, 0.3) is 0 Å². The number of nitrogens with one attached hydrogen (secondary N) is 1. The first kappa shape index (κ1) is 14.5. The Balaban J connectivity index is 2.00. The van der Waals surface area contributed by atoms with Gasteiger partial charge in [-0.05, 0) is 30.5 Å². The minimum atomic E-state index is -4.23.